The van der Waals surface area contributed by atoms with Gasteiger partial charge >= 0.3 is 12.1 Å². The molecular formula is C32H35F3N4O4. The lowest BCUT2D eigenvalue weighted by Gasteiger charge is -2.19. The number of carbonyl (C=O) groups is 2. The summed E-state index contributed by atoms with van der Waals surface area (Å²) in [6.07, 6.45) is -1.64. The zero-order chi connectivity index (χ0) is 31.4. The lowest BCUT2D eigenvalue weighted by molar-refractivity contribution is -0.143. The zero-order valence-electron chi connectivity index (χ0n) is 24.8. The third-order valence-electron chi connectivity index (χ3n) is 6.70. The molecule has 4 rings (SSSR count). The van der Waals surface area contributed by atoms with E-state index in [4.69, 9.17) is 9.47 Å². The van der Waals surface area contributed by atoms with E-state index in [-0.39, 0.29) is 41.9 Å². The molecule has 11 heteroatoms. The van der Waals surface area contributed by atoms with Crippen LogP contribution in [-0.4, -0.2) is 39.7 Å². The monoisotopic (exact) mass is 596 g/mol. The smallest absolute Gasteiger partial charge is 0.417 e. The van der Waals surface area contributed by atoms with Crippen LogP contribution in [0.1, 0.15) is 58.1 Å². The molecule has 0 radical (unpaired) electrons. The van der Waals surface area contributed by atoms with Crippen molar-refractivity contribution in [3.05, 3.63) is 65.9 Å². The molecule has 0 unspecified atom stereocenters. The molecule has 0 saturated heterocycles. The van der Waals surface area contributed by atoms with Gasteiger partial charge in [-0.15, -0.1) is 0 Å². The van der Waals surface area contributed by atoms with Crippen LogP contribution in [0.2, 0.25) is 0 Å². The molecule has 0 fully saturated rings. The van der Waals surface area contributed by atoms with E-state index in [2.05, 4.69) is 15.4 Å². The first kappa shape index (κ1) is 31.5. The lowest BCUT2D eigenvalue weighted by Crippen LogP contribution is -2.27. The number of aryl methyl sites for hydroxylation is 1. The number of nitrogens with zero attached hydrogens (tertiary/aromatic N) is 3. The van der Waals surface area contributed by atoms with Gasteiger partial charge in [-0.1, -0.05) is 32.9 Å². The number of ether oxygens (including phenoxy) is 2. The summed E-state index contributed by atoms with van der Waals surface area (Å²) in [5, 5.41) is 7.41. The van der Waals surface area contributed by atoms with Crippen molar-refractivity contribution in [3.63, 3.8) is 0 Å². The maximum absolute atomic E-state index is 14.0. The quantitative estimate of drug-likeness (QED) is 0.151. The van der Waals surface area contributed by atoms with Gasteiger partial charge in [0.25, 0.3) is 0 Å². The van der Waals surface area contributed by atoms with Crippen LogP contribution in [0.4, 0.5) is 18.9 Å². The van der Waals surface area contributed by atoms with Gasteiger partial charge in [-0.05, 0) is 68.7 Å². The molecule has 0 bridgehead atoms. The Morgan fingerprint density at radius 3 is 2.44 bits per heavy atom. The van der Waals surface area contributed by atoms with Crippen LogP contribution >= 0.6 is 0 Å². The Morgan fingerprint density at radius 1 is 0.977 bits per heavy atom. The molecule has 0 aliphatic carbocycles. The Bertz CT molecular complexity index is 1620. The number of rotatable bonds is 10. The Labute approximate surface area is 248 Å². The number of unbranched alkanes of at least 4 members (excludes halogenated alkanes) is 1. The third kappa shape index (κ3) is 7.91. The fraction of sp³-hybridized carbons (Fsp3) is 0.375. The summed E-state index contributed by atoms with van der Waals surface area (Å²) in [7, 11) is 0. The van der Waals surface area contributed by atoms with Crippen molar-refractivity contribution in [2.45, 2.75) is 60.1 Å². The first-order valence-electron chi connectivity index (χ1n) is 14.0. The first-order chi connectivity index (χ1) is 20.3. The minimum Gasteiger partial charge on any atom is -0.494 e. The van der Waals surface area contributed by atoms with Crippen LogP contribution in [-0.2, 0) is 20.5 Å². The number of hydrogen-bond acceptors (Lipinski definition) is 6. The van der Waals surface area contributed by atoms with Crippen molar-refractivity contribution in [2.75, 3.05) is 18.5 Å². The van der Waals surface area contributed by atoms with E-state index in [9.17, 15) is 22.8 Å². The van der Waals surface area contributed by atoms with E-state index in [0.29, 0.717) is 36.5 Å². The van der Waals surface area contributed by atoms with Gasteiger partial charge in [0.1, 0.15) is 5.75 Å². The molecule has 0 atom stereocenters. The normalized spacial score (nSPS) is 11.9. The van der Waals surface area contributed by atoms with Gasteiger partial charge in [0, 0.05) is 28.7 Å². The summed E-state index contributed by atoms with van der Waals surface area (Å²) in [5.41, 5.74) is 1.79. The maximum atomic E-state index is 14.0. The van der Waals surface area contributed by atoms with Crippen molar-refractivity contribution < 1.29 is 32.2 Å². The molecule has 0 aliphatic heterocycles. The van der Waals surface area contributed by atoms with Crippen molar-refractivity contribution in [1.29, 1.82) is 0 Å². The fourth-order valence-corrected chi connectivity index (χ4v) is 4.26. The predicted octanol–water partition coefficient (Wildman–Crippen LogP) is 7.49. The third-order valence-corrected chi connectivity index (χ3v) is 6.70. The number of carbonyl (C=O) groups excluding carboxylic acids is 2. The molecule has 1 amide bonds. The highest BCUT2D eigenvalue weighted by atomic mass is 19.4. The maximum Gasteiger partial charge on any atom is 0.417 e. The second-order valence-corrected chi connectivity index (χ2v) is 11.2. The molecular weight excluding hydrogens is 561 g/mol. The second kappa shape index (κ2) is 12.8. The van der Waals surface area contributed by atoms with Crippen LogP contribution in [0.25, 0.3) is 28.2 Å². The van der Waals surface area contributed by atoms with E-state index in [0.717, 1.165) is 17.2 Å². The van der Waals surface area contributed by atoms with Gasteiger partial charge in [0.05, 0.1) is 36.4 Å². The highest BCUT2D eigenvalue weighted by molar-refractivity contribution is 5.95. The van der Waals surface area contributed by atoms with Crippen molar-refractivity contribution >= 4 is 23.2 Å². The topological polar surface area (TPSA) is 94.8 Å². The van der Waals surface area contributed by atoms with E-state index in [1.54, 1.807) is 19.2 Å². The number of benzene rings is 2. The number of anilines is 1. The van der Waals surface area contributed by atoms with E-state index in [1.807, 2.05) is 45.9 Å². The summed E-state index contributed by atoms with van der Waals surface area (Å²) in [4.78, 5) is 28.6. The SMILES string of the molecule is CCOC(=O)CCCCOc1ccc(C(F)(F)F)c(-c2ccc3nc(-c4ccc(C)c(NC(=O)C(C)(C)C)c4)cn3n2)c1. The molecule has 0 spiro atoms. The Hall–Kier alpha value is -4.41. The van der Waals surface area contributed by atoms with Crippen LogP contribution in [0, 0.1) is 12.3 Å². The van der Waals surface area contributed by atoms with Crippen molar-refractivity contribution in [1.82, 2.24) is 14.6 Å². The minimum atomic E-state index is -4.61. The molecule has 4 aromatic rings. The molecule has 2 aromatic carbocycles. The summed E-state index contributed by atoms with van der Waals surface area (Å²) < 4.78 is 53.9. The summed E-state index contributed by atoms with van der Waals surface area (Å²) in [6, 6.07) is 12.2. The summed E-state index contributed by atoms with van der Waals surface area (Å²) in [6.45, 7) is 9.65. The number of hydrogen-bond donors (Lipinski definition) is 1. The number of halogens is 3. The number of esters is 1. The highest BCUT2D eigenvalue weighted by Crippen LogP contribution is 2.38. The van der Waals surface area contributed by atoms with Crippen LogP contribution in [0.5, 0.6) is 5.75 Å². The largest absolute Gasteiger partial charge is 0.494 e. The molecule has 2 aromatic heterocycles. The Balaban J connectivity index is 1.59. The molecule has 8 nitrogen and oxygen atoms in total. The average Bonchev–Trinajstić information content (AvgIpc) is 3.36. The fourth-order valence-electron chi connectivity index (χ4n) is 4.26. The van der Waals surface area contributed by atoms with Gasteiger partial charge in [0.15, 0.2) is 5.65 Å². The summed E-state index contributed by atoms with van der Waals surface area (Å²) >= 11 is 0. The predicted molar refractivity (Wildman–Crippen MR) is 158 cm³/mol. The molecule has 228 valence electrons. The molecule has 1 N–H and O–H groups in total. The molecule has 2 heterocycles. The van der Waals surface area contributed by atoms with Crippen LogP contribution in [0.15, 0.2) is 54.7 Å². The van der Waals surface area contributed by atoms with Gasteiger partial charge in [0.2, 0.25) is 5.91 Å². The van der Waals surface area contributed by atoms with Gasteiger partial charge in [-0.25, -0.2) is 9.50 Å². The first-order valence-corrected chi connectivity index (χ1v) is 14.0. The van der Waals surface area contributed by atoms with Crippen molar-refractivity contribution in [2.24, 2.45) is 5.41 Å². The minimum absolute atomic E-state index is 0.0959. The molecule has 0 aliphatic rings. The van der Waals surface area contributed by atoms with Crippen molar-refractivity contribution in [3.8, 4) is 28.3 Å². The Morgan fingerprint density at radius 2 is 1.74 bits per heavy atom. The number of amides is 1. The molecule has 43 heavy (non-hydrogen) atoms. The van der Waals surface area contributed by atoms with E-state index in [1.165, 1.54) is 22.7 Å². The number of fused-ring (bicyclic) bond motifs is 1. The average molecular weight is 597 g/mol. The Kier molecular flexibility index (Phi) is 9.42. The number of nitrogens with one attached hydrogen (secondary N) is 1. The number of aromatic nitrogens is 3. The zero-order valence-corrected chi connectivity index (χ0v) is 24.8. The van der Waals surface area contributed by atoms with Crippen LogP contribution in [0.3, 0.4) is 0 Å². The number of imidazole rings is 1. The van der Waals surface area contributed by atoms with Crippen LogP contribution < -0.4 is 10.1 Å². The highest BCUT2D eigenvalue weighted by Gasteiger charge is 2.34. The lowest BCUT2D eigenvalue weighted by atomic mass is 9.95. The van der Waals surface area contributed by atoms with Gasteiger partial charge in [-0.3, -0.25) is 9.59 Å². The second-order valence-electron chi connectivity index (χ2n) is 11.2. The van der Waals surface area contributed by atoms with Gasteiger partial charge < -0.3 is 14.8 Å². The number of alkyl halides is 3. The standard InChI is InChI=1S/C32H35F3N4O4/c1-6-42-29(40)9-7-8-16-43-22-12-13-24(32(33,34)35)23(18-22)25-14-15-28-36-27(19-39(28)38-25)21-11-10-20(2)26(17-21)37-30(41)31(3,4)5/h10-15,17-19H,6-9,16H2,1-5H3,(H,37,41). The van der Waals surface area contributed by atoms with Gasteiger partial charge in [-0.2, -0.15) is 18.3 Å². The molecule has 0 saturated carbocycles. The summed E-state index contributed by atoms with van der Waals surface area (Å²) in [5.74, 6) is -0.159. The van der Waals surface area contributed by atoms with E-state index < -0.39 is 17.2 Å². The van der Waals surface area contributed by atoms with E-state index >= 15 is 0 Å².